The minimum Gasteiger partial charge on any atom is -0.481 e. The van der Waals surface area contributed by atoms with E-state index in [0.717, 1.165) is 16.1 Å². The first-order chi connectivity index (χ1) is 13.5. The Labute approximate surface area is 168 Å². The van der Waals surface area contributed by atoms with Crippen LogP contribution < -0.4 is 5.32 Å². The lowest BCUT2D eigenvalue weighted by Crippen LogP contribution is -2.01. The molecule has 0 saturated heterocycles. The minimum absolute atomic E-state index is 0.1000. The molecule has 0 aliphatic carbocycles. The summed E-state index contributed by atoms with van der Waals surface area (Å²) in [5.41, 5.74) is 1.82. The zero-order valence-electron chi connectivity index (χ0n) is 16.1. The predicted octanol–water partition coefficient (Wildman–Crippen LogP) is 4.58. The van der Waals surface area contributed by atoms with Gasteiger partial charge in [-0.15, -0.1) is 11.3 Å². The molecule has 0 spiro atoms. The van der Waals surface area contributed by atoms with Crippen LogP contribution in [0.15, 0.2) is 42.7 Å². The first-order valence-corrected chi connectivity index (χ1v) is 9.85. The fraction of sp³-hybridized carbons (Fsp3) is 0.300. The van der Waals surface area contributed by atoms with Crippen LogP contribution in [0.25, 0.3) is 10.6 Å². The molecule has 148 valence electrons. The molecule has 28 heavy (non-hydrogen) atoms. The van der Waals surface area contributed by atoms with E-state index in [2.05, 4.69) is 20.3 Å². The van der Waals surface area contributed by atoms with Crippen LogP contribution in [-0.2, 0) is 4.79 Å². The van der Waals surface area contributed by atoms with Gasteiger partial charge in [-0.2, -0.15) is 0 Å². The monoisotopic (exact) mass is 400 g/mol. The van der Waals surface area contributed by atoms with Crippen molar-refractivity contribution in [1.82, 2.24) is 15.0 Å². The van der Waals surface area contributed by atoms with Gasteiger partial charge in [-0.1, -0.05) is 19.9 Å². The van der Waals surface area contributed by atoms with Crippen molar-refractivity contribution >= 4 is 28.9 Å². The van der Waals surface area contributed by atoms with Crippen LogP contribution in [0.3, 0.4) is 0 Å². The van der Waals surface area contributed by atoms with E-state index >= 15 is 0 Å². The number of pyridine rings is 2. The quantitative estimate of drug-likeness (QED) is 0.533. The third-order valence-corrected chi connectivity index (χ3v) is 4.73. The number of carbonyl (C=O) groups is 1. The molecule has 3 rings (SSSR count). The van der Waals surface area contributed by atoms with E-state index in [1.807, 2.05) is 51.1 Å². The molecule has 0 amide bonds. The summed E-state index contributed by atoms with van der Waals surface area (Å²) in [5.74, 6) is 0.428. The molecule has 0 aliphatic rings. The number of thiazole rings is 1. The summed E-state index contributed by atoms with van der Waals surface area (Å²) in [7, 11) is 0. The summed E-state index contributed by atoms with van der Waals surface area (Å²) >= 11 is 1.30. The van der Waals surface area contributed by atoms with Crippen LogP contribution in [0.5, 0.6) is 0 Å². The number of hydrogen-bond donors (Lipinski definition) is 3. The first-order valence-electron chi connectivity index (χ1n) is 9.04. The van der Waals surface area contributed by atoms with Crippen molar-refractivity contribution in [1.29, 1.82) is 0 Å². The van der Waals surface area contributed by atoms with Crippen LogP contribution in [0.2, 0.25) is 0 Å². The third kappa shape index (κ3) is 6.11. The van der Waals surface area contributed by atoms with Crippen LogP contribution in [0.4, 0.5) is 11.6 Å². The summed E-state index contributed by atoms with van der Waals surface area (Å²) in [6.45, 7) is 5.99. The van der Waals surface area contributed by atoms with Gasteiger partial charge in [0.15, 0.2) is 0 Å². The second-order valence-corrected chi connectivity index (χ2v) is 6.82. The van der Waals surface area contributed by atoms with Crippen molar-refractivity contribution in [3.63, 3.8) is 0 Å². The van der Waals surface area contributed by atoms with Crippen LogP contribution in [-0.4, -0.2) is 31.1 Å². The Hall–Kier alpha value is -2.84. The molecule has 0 bridgehead atoms. The molecule has 3 aromatic rings. The van der Waals surface area contributed by atoms with E-state index in [9.17, 15) is 9.90 Å². The summed E-state index contributed by atoms with van der Waals surface area (Å²) < 4.78 is 0. The van der Waals surface area contributed by atoms with E-state index in [1.54, 1.807) is 12.4 Å². The Bertz CT molecular complexity index is 914. The smallest absolute Gasteiger partial charge is 0.303 e. The highest BCUT2D eigenvalue weighted by Crippen LogP contribution is 2.30. The van der Waals surface area contributed by atoms with Crippen molar-refractivity contribution in [2.45, 2.75) is 39.7 Å². The number of nitrogens with zero attached hydrogens (tertiary/aromatic N) is 3. The van der Waals surface area contributed by atoms with Crippen molar-refractivity contribution < 1.29 is 15.0 Å². The van der Waals surface area contributed by atoms with Crippen molar-refractivity contribution in [3.05, 3.63) is 53.3 Å². The topological polar surface area (TPSA) is 108 Å². The molecular formula is C20H24N4O3S. The van der Waals surface area contributed by atoms with Crippen LogP contribution in [0.1, 0.15) is 43.4 Å². The van der Waals surface area contributed by atoms with Gasteiger partial charge in [0.1, 0.15) is 22.7 Å². The summed E-state index contributed by atoms with van der Waals surface area (Å²) in [5, 5.41) is 22.4. The number of carboxylic acid groups (broad SMARTS) is 1. The summed E-state index contributed by atoms with van der Waals surface area (Å²) in [6.07, 6.45) is 2.52. The Morgan fingerprint density at radius 3 is 2.71 bits per heavy atom. The number of carboxylic acids is 1. The number of aryl methyl sites for hydroxylation is 1. The normalized spacial score (nSPS) is 11.3. The maximum absolute atomic E-state index is 10.6. The van der Waals surface area contributed by atoms with Gasteiger partial charge in [-0.3, -0.25) is 4.79 Å². The molecule has 0 aliphatic heterocycles. The van der Waals surface area contributed by atoms with Crippen molar-refractivity contribution in [3.8, 4) is 10.6 Å². The van der Waals surface area contributed by atoms with Gasteiger partial charge in [-0.05, 0) is 43.2 Å². The number of anilines is 2. The predicted molar refractivity (Wildman–Crippen MR) is 111 cm³/mol. The van der Waals surface area contributed by atoms with Crippen LogP contribution in [0, 0.1) is 6.92 Å². The molecule has 3 aromatic heterocycles. The second kappa shape index (κ2) is 10.5. The molecule has 3 heterocycles. The number of rotatable bonds is 7. The zero-order valence-corrected chi connectivity index (χ0v) is 16.9. The van der Waals surface area contributed by atoms with Gasteiger partial charge in [-0.25, -0.2) is 15.0 Å². The lowest BCUT2D eigenvalue weighted by Gasteiger charge is -2.06. The van der Waals surface area contributed by atoms with E-state index < -0.39 is 12.1 Å². The molecule has 3 N–H and O–H groups in total. The maximum Gasteiger partial charge on any atom is 0.303 e. The molecule has 0 fully saturated rings. The van der Waals surface area contributed by atoms with E-state index in [-0.39, 0.29) is 12.8 Å². The zero-order chi connectivity index (χ0) is 20.5. The SMILES string of the molecule is CC.Cc1ccnc(Nc2cccc(-c3cnc(C(O)CCC(=O)O)s3)n2)c1. The van der Waals surface area contributed by atoms with Gasteiger partial charge in [0.25, 0.3) is 0 Å². The molecule has 0 saturated carbocycles. The van der Waals surface area contributed by atoms with Gasteiger partial charge in [0.05, 0.1) is 10.6 Å². The number of aromatic nitrogens is 3. The fourth-order valence-electron chi connectivity index (χ4n) is 2.32. The lowest BCUT2D eigenvalue weighted by molar-refractivity contribution is -0.137. The number of aliphatic carboxylic acids is 1. The highest BCUT2D eigenvalue weighted by Gasteiger charge is 2.15. The number of nitrogens with one attached hydrogen (secondary N) is 1. The molecule has 1 atom stereocenters. The third-order valence-electron chi connectivity index (χ3n) is 3.61. The van der Waals surface area contributed by atoms with Gasteiger partial charge < -0.3 is 15.5 Å². The standard InChI is InChI=1S/C18H18N4O3S.C2H6/c1-11-7-8-19-16(9-11)22-15-4-2-3-12(21-15)14-10-20-18(26-14)13(23)5-6-17(24)25;1-2/h2-4,7-10,13,23H,5-6H2,1H3,(H,24,25)(H,19,21,22);1-2H3. The first kappa shape index (κ1) is 21.5. The molecular weight excluding hydrogens is 376 g/mol. The van der Waals surface area contributed by atoms with E-state index in [1.165, 1.54) is 11.3 Å². The average Bonchev–Trinajstić information content (AvgIpc) is 3.18. The molecule has 1 unspecified atom stereocenters. The second-order valence-electron chi connectivity index (χ2n) is 5.76. The van der Waals surface area contributed by atoms with Crippen molar-refractivity contribution in [2.75, 3.05) is 5.32 Å². The Morgan fingerprint density at radius 1 is 1.21 bits per heavy atom. The Kier molecular flexibility index (Phi) is 8.03. The molecule has 8 heteroatoms. The molecule has 0 radical (unpaired) electrons. The maximum atomic E-state index is 10.6. The fourth-order valence-corrected chi connectivity index (χ4v) is 3.23. The van der Waals surface area contributed by atoms with Crippen LogP contribution >= 0.6 is 11.3 Å². The van der Waals surface area contributed by atoms with Gasteiger partial charge >= 0.3 is 5.97 Å². The van der Waals surface area contributed by atoms with Gasteiger partial charge in [0, 0.05) is 18.8 Å². The molecule has 7 nitrogen and oxygen atoms in total. The molecule has 0 aromatic carbocycles. The Morgan fingerprint density at radius 2 is 2.00 bits per heavy atom. The van der Waals surface area contributed by atoms with E-state index in [4.69, 9.17) is 5.11 Å². The highest BCUT2D eigenvalue weighted by molar-refractivity contribution is 7.15. The highest BCUT2D eigenvalue weighted by atomic mass is 32.1. The van der Waals surface area contributed by atoms with Crippen molar-refractivity contribution in [2.24, 2.45) is 0 Å². The number of hydrogen-bond acceptors (Lipinski definition) is 7. The number of aliphatic hydroxyl groups excluding tert-OH is 1. The number of aliphatic hydroxyl groups is 1. The summed E-state index contributed by atoms with van der Waals surface area (Å²) in [4.78, 5) is 24.4. The average molecular weight is 401 g/mol. The van der Waals surface area contributed by atoms with Gasteiger partial charge in [0.2, 0.25) is 0 Å². The van der Waals surface area contributed by atoms with E-state index in [0.29, 0.717) is 16.6 Å². The largest absolute Gasteiger partial charge is 0.481 e. The summed E-state index contributed by atoms with van der Waals surface area (Å²) in [6, 6.07) is 9.43. The minimum atomic E-state index is -0.939. The Balaban J connectivity index is 0.00000136. The lowest BCUT2D eigenvalue weighted by atomic mass is 10.2.